The summed E-state index contributed by atoms with van der Waals surface area (Å²) in [5.74, 6) is 0.915. The minimum Gasteiger partial charge on any atom is -0.340 e. The normalized spacial score (nSPS) is 27.3. The summed E-state index contributed by atoms with van der Waals surface area (Å²) in [6.07, 6.45) is 8.79. The van der Waals surface area contributed by atoms with Crippen LogP contribution in [0.5, 0.6) is 0 Å². The topological polar surface area (TPSA) is 41.1 Å². The molecule has 0 bridgehead atoms. The van der Waals surface area contributed by atoms with Crippen molar-refractivity contribution >= 4 is 5.95 Å². The van der Waals surface area contributed by atoms with Gasteiger partial charge in [0.2, 0.25) is 5.95 Å². The lowest BCUT2D eigenvalue weighted by Gasteiger charge is -2.22. The smallest absolute Gasteiger partial charge is 0.225 e. The molecule has 1 atom stereocenters. The Hall–Kier alpha value is -1.16. The lowest BCUT2D eigenvalue weighted by molar-refractivity contribution is 0.369. The molecule has 4 heteroatoms. The standard InChI is InChI=1S/C14H22N4/c1-2-3-12-8-16-13(17-9-12)18-7-5-14(11-18)4-6-15-10-14/h8-9,15H,2-7,10-11H2,1H3. The van der Waals surface area contributed by atoms with Crippen LogP contribution in [0.2, 0.25) is 0 Å². The number of nitrogens with one attached hydrogen (secondary N) is 1. The van der Waals surface area contributed by atoms with E-state index < -0.39 is 0 Å². The van der Waals surface area contributed by atoms with Crippen LogP contribution >= 0.6 is 0 Å². The van der Waals surface area contributed by atoms with Crippen LogP contribution < -0.4 is 10.2 Å². The number of aromatic nitrogens is 2. The Balaban J connectivity index is 1.68. The van der Waals surface area contributed by atoms with Crippen LogP contribution in [-0.4, -0.2) is 36.1 Å². The fraction of sp³-hybridized carbons (Fsp3) is 0.714. The Bertz CT molecular complexity index is 395. The zero-order chi connectivity index (χ0) is 12.4. The fourth-order valence-corrected chi connectivity index (χ4v) is 3.18. The van der Waals surface area contributed by atoms with Gasteiger partial charge in [-0.15, -0.1) is 0 Å². The van der Waals surface area contributed by atoms with Crippen LogP contribution in [0.25, 0.3) is 0 Å². The lowest BCUT2D eigenvalue weighted by Crippen LogP contribution is -2.29. The molecule has 0 saturated carbocycles. The molecule has 0 aromatic carbocycles. The van der Waals surface area contributed by atoms with Crippen molar-refractivity contribution in [2.24, 2.45) is 5.41 Å². The highest BCUT2D eigenvalue weighted by Crippen LogP contribution is 2.37. The maximum Gasteiger partial charge on any atom is 0.225 e. The zero-order valence-electron chi connectivity index (χ0n) is 11.2. The molecule has 4 nitrogen and oxygen atoms in total. The summed E-state index contributed by atoms with van der Waals surface area (Å²) < 4.78 is 0. The second-order valence-corrected chi connectivity index (χ2v) is 5.74. The summed E-state index contributed by atoms with van der Waals surface area (Å²) in [7, 11) is 0. The van der Waals surface area contributed by atoms with E-state index >= 15 is 0 Å². The number of hydrogen-bond acceptors (Lipinski definition) is 4. The second kappa shape index (κ2) is 4.84. The first-order valence-corrected chi connectivity index (χ1v) is 7.08. The highest BCUT2D eigenvalue weighted by Gasteiger charge is 2.40. The Kier molecular flexibility index (Phi) is 3.20. The average Bonchev–Trinajstić information content (AvgIpc) is 3.02. The quantitative estimate of drug-likeness (QED) is 0.880. The molecule has 1 spiro atoms. The Morgan fingerprint density at radius 3 is 2.83 bits per heavy atom. The van der Waals surface area contributed by atoms with Gasteiger partial charge in [0.05, 0.1) is 0 Å². The molecule has 1 aromatic heterocycles. The summed E-state index contributed by atoms with van der Waals surface area (Å²) in [4.78, 5) is 11.4. The van der Waals surface area contributed by atoms with Gasteiger partial charge in [-0.3, -0.25) is 0 Å². The maximum absolute atomic E-state index is 4.53. The molecule has 1 unspecified atom stereocenters. The summed E-state index contributed by atoms with van der Waals surface area (Å²) in [6, 6.07) is 0. The van der Waals surface area contributed by atoms with Gasteiger partial charge in [-0.2, -0.15) is 0 Å². The van der Waals surface area contributed by atoms with Crippen molar-refractivity contribution in [1.82, 2.24) is 15.3 Å². The fourth-order valence-electron chi connectivity index (χ4n) is 3.18. The molecule has 2 aliphatic heterocycles. The predicted molar refractivity (Wildman–Crippen MR) is 72.8 cm³/mol. The van der Waals surface area contributed by atoms with Gasteiger partial charge in [-0.05, 0) is 31.4 Å². The van der Waals surface area contributed by atoms with Crippen molar-refractivity contribution < 1.29 is 0 Å². The molecule has 2 fully saturated rings. The Morgan fingerprint density at radius 2 is 2.17 bits per heavy atom. The molecule has 1 aromatic rings. The molecule has 3 rings (SSSR count). The van der Waals surface area contributed by atoms with E-state index in [0.717, 1.165) is 38.4 Å². The molecule has 0 aliphatic carbocycles. The van der Waals surface area contributed by atoms with Crippen molar-refractivity contribution in [2.45, 2.75) is 32.6 Å². The predicted octanol–water partition coefficient (Wildman–Crippen LogP) is 1.62. The molecule has 2 saturated heterocycles. The van der Waals surface area contributed by atoms with Gasteiger partial charge in [0.15, 0.2) is 0 Å². The van der Waals surface area contributed by atoms with Gasteiger partial charge in [0.25, 0.3) is 0 Å². The van der Waals surface area contributed by atoms with E-state index in [4.69, 9.17) is 0 Å². The molecule has 0 amide bonds. The first kappa shape index (κ1) is 11.9. The number of hydrogen-bond donors (Lipinski definition) is 1. The second-order valence-electron chi connectivity index (χ2n) is 5.74. The third-order valence-corrected chi connectivity index (χ3v) is 4.28. The average molecular weight is 246 g/mol. The minimum absolute atomic E-state index is 0.492. The third-order valence-electron chi connectivity index (χ3n) is 4.28. The van der Waals surface area contributed by atoms with E-state index in [1.54, 1.807) is 0 Å². The van der Waals surface area contributed by atoms with Crippen LogP contribution in [0.4, 0.5) is 5.95 Å². The van der Waals surface area contributed by atoms with Gasteiger partial charge in [0.1, 0.15) is 0 Å². The molecule has 1 N–H and O–H groups in total. The van der Waals surface area contributed by atoms with Gasteiger partial charge < -0.3 is 10.2 Å². The SMILES string of the molecule is CCCc1cnc(N2CCC3(CCNC3)C2)nc1. The van der Waals surface area contributed by atoms with E-state index in [9.17, 15) is 0 Å². The van der Waals surface area contributed by atoms with Crippen LogP contribution in [0.3, 0.4) is 0 Å². The van der Waals surface area contributed by atoms with Gasteiger partial charge in [0, 0.05) is 37.4 Å². The number of rotatable bonds is 3. The monoisotopic (exact) mass is 246 g/mol. The molecular formula is C14H22N4. The van der Waals surface area contributed by atoms with Crippen LogP contribution in [0.1, 0.15) is 31.7 Å². The van der Waals surface area contributed by atoms with Gasteiger partial charge >= 0.3 is 0 Å². The van der Waals surface area contributed by atoms with E-state index in [2.05, 4.69) is 27.1 Å². The Morgan fingerprint density at radius 1 is 1.33 bits per heavy atom. The molecule has 18 heavy (non-hydrogen) atoms. The molecule has 98 valence electrons. The first-order chi connectivity index (χ1) is 8.81. The number of nitrogens with zero attached hydrogens (tertiary/aromatic N) is 3. The zero-order valence-corrected chi connectivity index (χ0v) is 11.2. The molecule has 3 heterocycles. The highest BCUT2D eigenvalue weighted by atomic mass is 15.3. The summed E-state index contributed by atoms with van der Waals surface area (Å²) in [5, 5.41) is 3.49. The van der Waals surface area contributed by atoms with Crippen LogP contribution in [0, 0.1) is 5.41 Å². The lowest BCUT2D eigenvalue weighted by atomic mass is 9.87. The molecule has 2 aliphatic rings. The van der Waals surface area contributed by atoms with Gasteiger partial charge in [-0.25, -0.2) is 9.97 Å². The van der Waals surface area contributed by atoms with Crippen LogP contribution in [-0.2, 0) is 6.42 Å². The van der Waals surface area contributed by atoms with Crippen molar-refractivity contribution in [1.29, 1.82) is 0 Å². The summed E-state index contributed by atoms with van der Waals surface area (Å²) in [5.41, 5.74) is 1.74. The minimum atomic E-state index is 0.492. The first-order valence-electron chi connectivity index (χ1n) is 7.08. The third kappa shape index (κ3) is 2.21. The van der Waals surface area contributed by atoms with E-state index in [1.165, 1.54) is 24.9 Å². The van der Waals surface area contributed by atoms with E-state index in [0.29, 0.717) is 5.41 Å². The van der Waals surface area contributed by atoms with E-state index in [1.807, 2.05) is 12.4 Å². The molecule has 0 radical (unpaired) electrons. The maximum atomic E-state index is 4.53. The van der Waals surface area contributed by atoms with Gasteiger partial charge in [-0.1, -0.05) is 13.3 Å². The summed E-state index contributed by atoms with van der Waals surface area (Å²) in [6.45, 7) is 6.74. The highest BCUT2D eigenvalue weighted by molar-refractivity contribution is 5.33. The van der Waals surface area contributed by atoms with Crippen molar-refractivity contribution in [2.75, 3.05) is 31.1 Å². The largest absolute Gasteiger partial charge is 0.340 e. The number of aryl methyl sites for hydroxylation is 1. The number of anilines is 1. The van der Waals surface area contributed by atoms with Crippen LogP contribution in [0.15, 0.2) is 12.4 Å². The van der Waals surface area contributed by atoms with E-state index in [-0.39, 0.29) is 0 Å². The summed E-state index contributed by atoms with van der Waals surface area (Å²) >= 11 is 0. The van der Waals surface area contributed by atoms with Crippen molar-refractivity contribution in [3.05, 3.63) is 18.0 Å². The Labute approximate surface area is 109 Å². The molecular weight excluding hydrogens is 224 g/mol. The van der Waals surface area contributed by atoms with Crippen molar-refractivity contribution in [3.8, 4) is 0 Å². The van der Waals surface area contributed by atoms with Crippen molar-refractivity contribution in [3.63, 3.8) is 0 Å².